The summed E-state index contributed by atoms with van der Waals surface area (Å²) in [4.78, 5) is 11.1. The van der Waals surface area contributed by atoms with Crippen molar-refractivity contribution in [2.24, 2.45) is 5.92 Å². The maximum atomic E-state index is 11.1. The minimum atomic E-state index is -1.66. The fourth-order valence-electron chi connectivity index (χ4n) is 2.37. The van der Waals surface area contributed by atoms with Crippen LogP contribution in [0, 0.1) is 5.92 Å². The summed E-state index contributed by atoms with van der Waals surface area (Å²) in [5, 5.41) is 9.11. The zero-order valence-corrected chi connectivity index (χ0v) is 11.9. The van der Waals surface area contributed by atoms with Gasteiger partial charge in [-0.05, 0) is 37.9 Å². The van der Waals surface area contributed by atoms with Gasteiger partial charge in [-0.25, -0.2) is 0 Å². The summed E-state index contributed by atoms with van der Waals surface area (Å²) in [5.74, 6) is -1.08. The van der Waals surface area contributed by atoms with Gasteiger partial charge < -0.3 is 9.53 Å². The summed E-state index contributed by atoms with van der Waals surface area (Å²) in [6.07, 6.45) is 1.85. The lowest BCUT2D eigenvalue weighted by Gasteiger charge is -2.35. The lowest BCUT2D eigenvalue weighted by atomic mass is 10.0. The van der Waals surface area contributed by atoms with Crippen LogP contribution in [0.4, 0.5) is 0 Å². The van der Waals surface area contributed by atoms with Crippen molar-refractivity contribution in [3.63, 3.8) is 0 Å². The molecule has 0 radical (unpaired) electrons. The van der Waals surface area contributed by atoms with Crippen molar-refractivity contribution in [1.29, 1.82) is 0 Å². The lowest BCUT2D eigenvalue weighted by molar-refractivity contribution is -0.145. The molecule has 0 aliphatic heterocycles. The van der Waals surface area contributed by atoms with Gasteiger partial charge in [-0.2, -0.15) is 0 Å². The number of carboxylic acid groups (broad SMARTS) is 1. The fourth-order valence-corrected chi connectivity index (χ4v) is 5.55. The summed E-state index contributed by atoms with van der Waals surface area (Å²) in [6, 6.07) is 3.27. The third kappa shape index (κ3) is 2.48. The van der Waals surface area contributed by atoms with E-state index in [2.05, 4.69) is 20.8 Å². The predicted octanol–water partition coefficient (Wildman–Crippen LogP) is 3.26. The Kier molecular flexibility index (Phi) is 4.18. The Labute approximate surface area is 99.3 Å². The van der Waals surface area contributed by atoms with Crippen molar-refractivity contribution in [3.8, 4) is 0 Å². The largest absolute Gasteiger partial charge is 0.481 e. The van der Waals surface area contributed by atoms with Crippen molar-refractivity contribution in [2.45, 2.75) is 64.3 Å². The molecule has 3 nitrogen and oxygen atoms in total. The molecule has 94 valence electrons. The molecule has 0 aromatic heterocycles. The van der Waals surface area contributed by atoms with Crippen molar-refractivity contribution in [3.05, 3.63) is 0 Å². The number of carboxylic acids is 1. The van der Waals surface area contributed by atoms with Gasteiger partial charge in [-0.3, -0.25) is 4.79 Å². The minimum absolute atomic E-state index is 0.319. The van der Waals surface area contributed by atoms with Crippen molar-refractivity contribution in [1.82, 2.24) is 0 Å². The SMILES string of the molecule is CC[Si](CC)(CC)OC1([C@H](C)C(=O)O)CC1. The number of hydrogen-bond donors (Lipinski definition) is 1. The third-order valence-electron chi connectivity index (χ3n) is 4.26. The van der Waals surface area contributed by atoms with E-state index in [1.807, 2.05) is 0 Å². The average Bonchev–Trinajstić information content (AvgIpc) is 3.06. The molecule has 1 aliphatic rings. The first-order valence-corrected chi connectivity index (χ1v) is 8.91. The maximum Gasteiger partial charge on any atom is 0.309 e. The molecule has 0 bridgehead atoms. The topological polar surface area (TPSA) is 46.5 Å². The van der Waals surface area contributed by atoms with E-state index >= 15 is 0 Å². The summed E-state index contributed by atoms with van der Waals surface area (Å²) in [7, 11) is -1.66. The monoisotopic (exact) mass is 244 g/mol. The molecule has 0 saturated heterocycles. The molecule has 4 heteroatoms. The molecule has 1 saturated carbocycles. The first-order chi connectivity index (χ1) is 7.45. The van der Waals surface area contributed by atoms with Gasteiger partial charge >= 0.3 is 5.97 Å². The highest BCUT2D eigenvalue weighted by molar-refractivity contribution is 6.73. The van der Waals surface area contributed by atoms with E-state index in [4.69, 9.17) is 9.53 Å². The normalized spacial score (nSPS) is 20.5. The lowest BCUT2D eigenvalue weighted by Crippen LogP contribution is -2.44. The predicted molar refractivity (Wildman–Crippen MR) is 67.0 cm³/mol. The van der Waals surface area contributed by atoms with E-state index in [-0.39, 0.29) is 11.5 Å². The summed E-state index contributed by atoms with van der Waals surface area (Å²) < 4.78 is 6.37. The van der Waals surface area contributed by atoms with E-state index in [0.29, 0.717) is 0 Å². The van der Waals surface area contributed by atoms with E-state index in [9.17, 15) is 4.79 Å². The smallest absolute Gasteiger partial charge is 0.309 e. The zero-order chi connectivity index (χ0) is 12.4. The Hall–Kier alpha value is -0.353. The van der Waals surface area contributed by atoms with Crippen LogP contribution in [0.25, 0.3) is 0 Å². The number of carbonyl (C=O) groups is 1. The molecule has 0 spiro atoms. The standard InChI is InChI=1S/C12H24O3Si/c1-5-16(6-2,7-3)15-12(8-9-12)10(4)11(13)14/h10H,5-9H2,1-4H3,(H,13,14)/t10-/m1/s1. The van der Waals surface area contributed by atoms with Crippen molar-refractivity contribution >= 4 is 14.3 Å². The fraction of sp³-hybridized carbons (Fsp3) is 0.917. The molecule has 1 N–H and O–H groups in total. The average molecular weight is 244 g/mol. The zero-order valence-electron chi connectivity index (χ0n) is 10.9. The summed E-state index contributed by atoms with van der Waals surface area (Å²) >= 11 is 0. The Morgan fingerprint density at radius 1 is 1.31 bits per heavy atom. The van der Waals surface area contributed by atoms with Crippen LogP contribution in [-0.2, 0) is 9.22 Å². The quantitative estimate of drug-likeness (QED) is 0.699. The van der Waals surface area contributed by atoms with Crippen LogP contribution >= 0.6 is 0 Å². The van der Waals surface area contributed by atoms with Crippen LogP contribution in [0.5, 0.6) is 0 Å². The highest BCUT2D eigenvalue weighted by Crippen LogP contribution is 2.49. The van der Waals surface area contributed by atoms with E-state index in [0.717, 1.165) is 31.0 Å². The van der Waals surface area contributed by atoms with Crippen LogP contribution in [0.3, 0.4) is 0 Å². The van der Waals surface area contributed by atoms with Crippen molar-refractivity contribution < 1.29 is 14.3 Å². The maximum absolute atomic E-state index is 11.1. The van der Waals surface area contributed by atoms with Gasteiger partial charge in [0.05, 0.1) is 11.5 Å². The van der Waals surface area contributed by atoms with Gasteiger partial charge in [-0.15, -0.1) is 0 Å². The van der Waals surface area contributed by atoms with Crippen LogP contribution in [0.2, 0.25) is 18.1 Å². The highest BCUT2D eigenvalue weighted by atomic mass is 28.4. The Balaban J connectivity index is 2.75. The molecule has 1 rings (SSSR count). The molecule has 0 unspecified atom stereocenters. The molecule has 1 aliphatic carbocycles. The van der Waals surface area contributed by atoms with Gasteiger partial charge in [0.1, 0.15) is 0 Å². The van der Waals surface area contributed by atoms with Crippen LogP contribution in [0.15, 0.2) is 0 Å². The second-order valence-electron chi connectivity index (χ2n) is 4.97. The number of hydrogen-bond acceptors (Lipinski definition) is 2. The molecule has 0 aromatic rings. The molecule has 0 amide bonds. The highest BCUT2D eigenvalue weighted by Gasteiger charge is 2.55. The van der Waals surface area contributed by atoms with Gasteiger partial charge in [0.2, 0.25) is 0 Å². The van der Waals surface area contributed by atoms with Gasteiger partial charge in [0.15, 0.2) is 8.32 Å². The minimum Gasteiger partial charge on any atom is -0.481 e. The third-order valence-corrected chi connectivity index (χ3v) is 8.96. The molecular weight excluding hydrogens is 220 g/mol. The second-order valence-corrected chi connectivity index (χ2v) is 9.66. The van der Waals surface area contributed by atoms with Crippen LogP contribution in [-0.4, -0.2) is 25.0 Å². The van der Waals surface area contributed by atoms with Crippen LogP contribution < -0.4 is 0 Å². The van der Waals surface area contributed by atoms with Gasteiger partial charge in [0, 0.05) is 0 Å². The molecule has 16 heavy (non-hydrogen) atoms. The summed E-state index contributed by atoms with van der Waals surface area (Å²) in [5.41, 5.74) is -0.319. The van der Waals surface area contributed by atoms with Crippen molar-refractivity contribution in [2.75, 3.05) is 0 Å². The molecular formula is C12H24O3Si. The van der Waals surface area contributed by atoms with E-state index < -0.39 is 14.3 Å². The number of rotatable bonds is 7. The Morgan fingerprint density at radius 3 is 2.00 bits per heavy atom. The second kappa shape index (κ2) is 4.88. The van der Waals surface area contributed by atoms with Crippen LogP contribution in [0.1, 0.15) is 40.5 Å². The first-order valence-electron chi connectivity index (χ1n) is 6.38. The Morgan fingerprint density at radius 2 is 1.75 bits per heavy atom. The molecule has 0 aromatic carbocycles. The first kappa shape index (κ1) is 13.7. The number of aliphatic carboxylic acids is 1. The van der Waals surface area contributed by atoms with Gasteiger partial charge in [-0.1, -0.05) is 20.8 Å². The molecule has 1 atom stereocenters. The summed E-state index contributed by atoms with van der Waals surface area (Å²) in [6.45, 7) is 8.33. The van der Waals surface area contributed by atoms with E-state index in [1.54, 1.807) is 6.92 Å². The molecule has 1 fully saturated rings. The Bertz CT molecular complexity index is 249. The van der Waals surface area contributed by atoms with E-state index in [1.165, 1.54) is 0 Å². The molecule has 0 heterocycles. The van der Waals surface area contributed by atoms with Gasteiger partial charge in [0.25, 0.3) is 0 Å².